The Morgan fingerprint density at radius 3 is 2.34 bits per heavy atom. The van der Waals surface area contributed by atoms with E-state index in [-0.39, 0.29) is 36.8 Å². The minimum Gasteiger partial charge on any atom is -0.505 e. The third-order valence-corrected chi connectivity index (χ3v) is 10.1. The van der Waals surface area contributed by atoms with Crippen molar-refractivity contribution in [3.8, 4) is 5.75 Å². The van der Waals surface area contributed by atoms with Gasteiger partial charge in [-0.15, -0.1) is 0 Å². The van der Waals surface area contributed by atoms with E-state index in [1.54, 1.807) is 49.4 Å². The Morgan fingerprint density at radius 1 is 0.909 bits per heavy atom. The molecule has 0 bridgehead atoms. The summed E-state index contributed by atoms with van der Waals surface area (Å²) in [6, 6.07) is 20.4. The summed E-state index contributed by atoms with van der Waals surface area (Å²) < 4.78 is 15.1. The van der Waals surface area contributed by atoms with Gasteiger partial charge in [-0.1, -0.05) is 71.8 Å². The second-order valence-corrected chi connectivity index (χ2v) is 12.2. The van der Waals surface area contributed by atoms with Crippen LogP contribution in [0.5, 0.6) is 5.75 Å². The molecule has 2 saturated heterocycles. The first-order valence-electron chi connectivity index (χ1n) is 15.0. The van der Waals surface area contributed by atoms with Crippen LogP contribution in [0.2, 0.25) is 0 Å². The van der Waals surface area contributed by atoms with E-state index in [2.05, 4.69) is 5.43 Å². The van der Waals surface area contributed by atoms with E-state index in [4.69, 9.17) is 0 Å². The van der Waals surface area contributed by atoms with Crippen LogP contribution in [0.4, 0.5) is 10.1 Å². The molecule has 4 aliphatic rings. The summed E-state index contributed by atoms with van der Waals surface area (Å²) in [6.07, 6.45) is 2.30. The molecule has 3 aromatic carbocycles. The standard InChI is InChI=1S/C35H32FN3O5/c1-3-38-31(41)23-17-16-22-25(28(23)33(38)43)18-26-32(42)39(37-21-14-12-19(2)13-15-21)34(44)35(26,20-8-5-4-6-9-20)29(22)24-10-7-11-27(36)30(24)40/h4-16,23,25-26,28-29,37,40H,3,17-18H2,1-2H3. The number of aryl methyl sites for hydroxylation is 1. The van der Waals surface area contributed by atoms with E-state index >= 15 is 4.39 Å². The number of fused-ring (bicyclic) bond motifs is 4. The van der Waals surface area contributed by atoms with Gasteiger partial charge in [-0.3, -0.25) is 29.5 Å². The maximum atomic E-state index is 15.1. The van der Waals surface area contributed by atoms with Gasteiger partial charge in [0.15, 0.2) is 11.6 Å². The van der Waals surface area contributed by atoms with Crippen LogP contribution in [0, 0.1) is 36.4 Å². The number of nitrogens with zero attached hydrogens (tertiary/aromatic N) is 2. The van der Waals surface area contributed by atoms with Gasteiger partial charge < -0.3 is 5.11 Å². The molecule has 2 heterocycles. The molecule has 6 unspecified atom stereocenters. The first-order chi connectivity index (χ1) is 21.2. The number of aromatic hydroxyl groups is 1. The highest BCUT2D eigenvalue weighted by Crippen LogP contribution is 2.64. The lowest BCUT2D eigenvalue weighted by molar-refractivity contribution is -0.141. The number of phenolic OH excluding ortho intramolecular Hbond substituents is 1. The molecule has 3 fully saturated rings. The lowest BCUT2D eigenvalue weighted by atomic mass is 9.49. The molecule has 2 N–H and O–H groups in total. The van der Waals surface area contributed by atoms with Crippen molar-refractivity contribution in [2.75, 3.05) is 12.0 Å². The fourth-order valence-corrected chi connectivity index (χ4v) is 8.23. The molecule has 224 valence electrons. The molecule has 0 spiro atoms. The summed E-state index contributed by atoms with van der Waals surface area (Å²) in [7, 11) is 0. The highest BCUT2D eigenvalue weighted by molar-refractivity contribution is 6.13. The second kappa shape index (κ2) is 10.1. The van der Waals surface area contributed by atoms with Crippen molar-refractivity contribution in [1.82, 2.24) is 9.91 Å². The Labute approximate surface area is 254 Å². The van der Waals surface area contributed by atoms with Gasteiger partial charge in [0.2, 0.25) is 11.8 Å². The maximum Gasteiger partial charge on any atom is 0.260 e. The Kier molecular flexibility index (Phi) is 6.46. The highest BCUT2D eigenvalue weighted by Gasteiger charge is 2.70. The molecule has 2 aliphatic heterocycles. The van der Waals surface area contributed by atoms with Crippen LogP contribution in [0.1, 0.15) is 42.4 Å². The molecule has 2 aliphatic carbocycles. The lowest BCUT2D eigenvalue weighted by Crippen LogP contribution is -2.53. The van der Waals surface area contributed by atoms with E-state index in [1.165, 1.54) is 11.0 Å². The number of para-hydroxylation sites is 1. The summed E-state index contributed by atoms with van der Waals surface area (Å²) in [6.45, 7) is 3.93. The van der Waals surface area contributed by atoms with Gasteiger partial charge in [0.1, 0.15) is 0 Å². The summed E-state index contributed by atoms with van der Waals surface area (Å²) in [5.41, 5.74) is 4.39. The molecule has 9 heteroatoms. The molecule has 0 radical (unpaired) electrons. The average molecular weight is 594 g/mol. The van der Waals surface area contributed by atoms with Gasteiger partial charge in [0.05, 0.1) is 28.9 Å². The zero-order valence-corrected chi connectivity index (χ0v) is 24.4. The number of amides is 4. The van der Waals surface area contributed by atoms with Gasteiger partial charge in [-0.25, -0.2) is 4.39 Å². The number of phenols is 1. The van der Waals surface area contributed by atoms with Gasteiger partial charge >= 0.3 is 0 Å². The van der Waals surface area contributed by atoms with Crippen LogP contribution in [0.25, 0.3) is 0 Å². The zero-order chi connectivity index (χ0) is 30.9. The number of carbonyl (C=O) groups excluding carboxylic acids is 4. The summed E-state index contributed by atoms with van der Waals surface area (Å²) >= 11 is 0. The fraction of sp³-hybridized carbons (Fsp3) is 0.314. The van der Waals surface area contributed by atoms with Crippen LogP contribution in [0.3, 0.4) is 0 Å². The molecule has 0 aromatic heterocycles. The Balaban J connectivity index is 1.47. The van der Waals surface area contributed by atoms with Crippen LogP contribution >= 0.6 is 0 Å². The number of nitrogens with one attached hydrogen (secondary N) is 1. The molecular weight excluding hydrogens is 561 g/mol. The van der Waals surface area contributed by atoms with Crippen molar-refractivity contribution in [3.63, 3.8) is 0 Å². The quantitative estimate of drug-likeness (QED) is 0.324. The van der Waals surface area contributed by atoms with E-state index in [0.29, 0.717) is 16.8 Å². The molecule has 7 rings (SSSR count). The molecule has 6 atom stereocenters. The topological polar surface area (TPSA) is 107 Å². The van der Waals surface area contributed by atoms with Crippen molar-refractivity contribution in [1.29, 1.82) is 0 Å². The van der Waals surface area contributed by atoms with Crippen LogP contribution in [0.15, 0.2) is 84.4 Å². The first kappa shape index (κ1) is 28.0. The Morgan fingerprint density at radius 2 is 1.64 bits per heavy atom. The number of hydrogen-bond acceptors (Lipinski definition) is 6. The van der Waals surface area contributed by atoms with Crippen molar-refractivity contribution in [2.24, 2.45) is 23.7 Å². The number of likely N-dealkylation sites (tertiary alicyclic amines) is 1. The zero-order valence-electron chi connectivity index (χ0n) is 24.4. The molecule has 4 amide bonds. The van der Waals surface area contributed by atoms with Gasteiger partial charge in [0.25, 0.3) is 11.8 Å². The van der Waals surface area contributed by atoms with Gasteiger partial charge in [0, 0.05) is 18.0 Å². The number of halogens is 1. The summed E-state index contributed by atoms with van der Waals surface area (Å²) in [4.78, 5) is 57.7. The normalized spacial score (nSPS) is 29.3. The number of imide groups is 2. The first-order valence-corrected chi connectivity index (χ1v) is 15.0. The van der Waals surface area contributed by atoms with Crippen LogP contribution < -0.4 is 5.43 Å². The second-order valence-electron chi connectivity index (χ2n) is 12.2. The molecule has 44 heavy (non-hydrogen) atoms. The number of hydrogen-bond donors (Lipinski definition) is 2. The number of anilines is 1. The predicted molar refractivity (Wildman–Crippen MR) is 159 cm³/mol. The number of allylic oxidation sites excluding steroid dienone is 2. The predicted octanol–water partition coefficient (Wildman–Crippen LogP) is 4.84. The third kappa shape index (κ3) is 3.74. The Bertz CT molecular complexity index is 1740. The van der Waals surface area contributed by atoms with E-state index in [1.807, 2.05) is 31.2 Å². The van der Waals surface area contributed by atoms with Crippen LogP contribution in [-0.2, 0) is 24.6 Å². The molecule has 1 saturated carbocycles. The van der Waals surface area contributed by atoms with Crippen molar-refractivity contribution >= 4 is 29.3 Å². The number of rotatable bonds is 5. The van der Waals surface area contributed by atoms with Crippen LogP contribution in [-0.4, -0.2) is 45.2 Å². The number of benzene rings is 3. The summed E-state index contributed by atoms with van der Waals surface area (Å²) in [5, 5.41) is 12.2. The number of carbonyl (C=O) groups is 4. The molecule has 8 nitrogen and oxygen atoms in total. The number of hydrazine groups is 1. The van der Waals surface area contributed by atoms with Gasteiger partial charge in [-0.05, 0) is 56.4 Å². The van der Waals surface area contributed by atoms with Crippen molar-refractivity contribution in [3.05, 3.63) is 107 Å². The maximum absolute atomic E-state index is 15.1. The highest BCUT2D eigenvalue weighted by atomic mass is 19.1. The minimum atomic E-state index is -1.56. The van der Waals surface area contributed by atoms with E-state index < -0.39 is 58.4 Å². The molecule has 3 aromatic rings. The fourth-order valence-electron chi connectivity index (χ4n) is 8.23. The SMILES string of the molecule is CCN1C(=O)C2CC=C3C(CC4C(=O)N(Nc5ccc(C)cc5)C(=O)C4(c4ccccc4)C3c3cccc(F)c3O)C2C1=O. The van der Waals surface area contributed by atoms with E-state index in [9.17, 15) is 24.3 Å². The monoisotopic (exact) mass is 593 g/mol. The largest absolute Gasteiger partial charge is 0.505 e. The van der Waals surface area contributed by atoms with Crippen molar-refractivity contribution in [2.45, 2.75) is 38.0 Å². The third-order valence-electron chi connectivity index (χ3n) is 10.1. The average Bonchev–Trinajstić information content (AvgIpc) is 3.40. The smallest absolute Gasteiger partial charge is 0.260 e. The Hall–Kier alpha value is -4.79. The lowest BCUT2D eigenvalue weighted by Gasteiger charge is -2.50. The summed E-state index contributed by atoms with van der Waals surface area (Å²) in [5.74, 6) is -6.80. The van der Waals surface area contributed by atoms with Gasteiger partial charge in [-0.2, -0.15) is 5.01 Å². The van der Waals surface area contributed by atoms with Crippen molar-refractivity contribution < 1.29 is 28.7 Å². The molecular formula is C35H32FN3O5. The van der Waals surface area contributed by atoms with E-state index in [0.717, 1.165) is 16.6 Å². The minimum absolute atomic E-state index is 0.141.